The Morgan fingerprint density at radius 1 is 1.11 bits per heavy atom. The minimum atomic E-state index is 0.0437. The molecule has 7 heteroatoms. The van der Waals surface area contributed by atoms with Crippen molar-refractivity contribution in [3.63, 3.8) is 0 Å². The summed E-state index contributed by atoms with van der Waals surface area (Å²) >= 11 is 1.63. The van der Waals surface area contributed by atoms with Crippen molar-refractivity contribution in [1.82, 2.24) is 14.7 Å². The Morgan fingerprint density at radius 2 is 1.85 bits per heavy atom. The number of nitrogens with zero attached hydrogens (tertiary/aromatic N) is 4. The number of anilines is 1. The van der Waals surface area contributed by atoms with Crippen LogP contribution >= 0.6 is 11.3 Å². The summed E-state index contributed by atoms with van der Waals surface area (Å²) in [7, 11) is 3.50. The third kappa shape index (κ3) is 3.55. The van der Waals surface area contributed by atoms with Gasteiger partial charge in [0.15, 0.2) is 0 Å². The maximum absolute atomic E-state index is 13.0. The molecule has 3 heterocycles. The number of ether oxygens (including phenoxy) is 1. The van der Waals surface area contributed by atoms with Crippen molar-refractivity contribution in [2.75, 3.05) is 38.2 Å². The van der Waals surface area contributed by atoms with Crippen molar-refractivity contribution in [1.29, 1.82) is 0 Å². The predicted molar refractivity (Wildman–Crippen MR) is 108 cm³/mol. The highest BCUT2D eigenvalue weighted by atomic mass is 32.1. The lowest BCUT2D eigenvalue weighted by molar-refractivity contribution is 0.0735. The van der Waals surface area contributed by atoms with Crippen molar-refractivity contribution < 1.29 is 9.53 Å². The van der Waals surface area contributed by atoms with Crippen LogP contribution in [0.4, 0.5) is 5.69 Å². The molecule has 4 rings (SSSR count). The predicted octanol–water partition coefficient (Wildman–Crippen LogP) is 3.12. The van der Waals surface area contributed by atoms with E-state index in [-0.39, 0.29) is 5.91 Å². The molecule has 1 aliphatic rings. The van der Waals surface area contributed by atoms with Crippen LogP contribution in [0.25, 0.3) is 10.6 Å². The number of benzene rings is 1. The molecular formula is C20H22N4O2S. The molecule has 140 valence electrons. The summed E-state index contributed by atoms with van der Waals surface area (Å²) < 4.78 is 6.90. The quantitative estimate of drug-likeness (QED) is 0.696. The molecule has 1 amide bonds. The lowest BCUT2D eigenvalue weighted by Crippen LogP contribution is -2.49. The number of thiophene rings is 1. The van der Waals surface area contributed by atoms with E-state index >= 15 is 0 Å². The average Bonchev–Trinajstić information content (AvgIpc) is 3.37. The van der Waals surface area contributed by atoms with Crippen LogP contribution in [0, 0.1) is 0 Å². The molecule has 2 aromatic heterocycles. The zero-order valence-corrected chi connectivity index (χ0v) is 16.3. The average molecular weight is 382 g/mol. The fourth-order valence-electron chi connectivity index (χ4n) is 3.33. The van der Waals surface area contributed by atoms with Gasteiger partial charge >= 0.3 is 0 Å². The molecule has 1 aromatic carbocycles. The van der Waals surface area contributed by atoms with Crippen molar-refractivity contribution >= 4 is 22.9 Å². The largest absolute Gasteiger partial charge is 0.497 e. The summed E-state index contributed by atoms with van der Waals surface area (Å²) in [6.45, 7) is 3.02. The van der Waals surface area contributed by atoms with Crippen LogP contribution < -0.4 is 9.64 Å². The maximum atomic E-state index is 13.0. The Morgan fingerprint density at radius 3 is 2.48 bits per heavy atom. The van der Waals surface area contributed by atoms with E-state index in [9.17, 15) is 4.79 Å². The second-order valence-electron chi connectivity index (χ2n) is 6.49. The molecule has 0 saturated carbocycles. The van der Waals surface area contributed by atoms with Gasteiger partial charge in [-0.2, -0.15) is 5.10 Å². The SMILES string of the molecule is COc1ccc(N2CCN(C(=O)c3cc(-c4cccs4)nn3C)CC2)cc1. The first kappa shape index (κ1) is 17.6. The second-order valence-corrected chi connectivity index (χ2v) is 7.44. The van der Waals surface area contributed by atoms with Crippen LogP contribution in [0.3, 0.4) is 0 Å². The van der Waals surface area contributed by atoms with Gasteiger partial charge in [-0.25, -0.2) is 0 Å². The summed E-state index contributed by atoms with van der Waals surface area (Å²) in [5.74, 6) is 0.896. The molecule has 0 spiro atoms. The molecule has 0 unspecified atom stereocenters. The number of piperazine rings is 1. The van der Waals surface area contributed by atoms with E-state index in [1.54, 1.807) is 23.1 Å². The molecule has 1 aliphatic heterocycles. The van der Waals surface area contributed by atoms with Crippen molar-refractivity contribution in [2.24, 2.45) is 7.05 Å². The topological polar surface area (TPSA) is 50.6 Å². The van der Waals surface area contributed by atoms with Gasteiger partial charge in [0, 0.05) is 38.9 Å². The maximum Gasteiger partial charge on any atom is 0.272 e. The molecule has 27 heavy (non-hydrogen) atoms. The number of amides is 1. The van der Waals surface area contributed by atoms with E-state index < -0.39 is 0 Å². The molecular weight excluding hydrogens is 360 g/mol. The van der Waals surface area contributed by atoms with Gasteiger partial charge < -0.3 is 14.5 Å². The summed E-state index contributed by atoms with van der Waals surface area (Å²) in [6, 6.07) is 14.0. The molecule has 1 fully saturated rings. The molecule has 1 saturated heterocycles. The fourth-order valence-corrected chi connectivity index (χ4v) is 4.02. The van der Waals surface area contributed by atoms with E-state index in [0.29, 0.717) is 18.8 Å². The smallest absolute Gasteiger partial charge is 0.272 e. The number of hydrogen-bond acceptors (Lipinski definition) is 5. The number of hydrogen-bond donors (Lipinski definition) is 0. The Bertz CT molecular complexity index is 910. The van der Waals surface area contributed by atoms with E-state index in [1.165, 1.54) is 0 Å². The molecule has 6 nitrogen and oxygen atoms in total. The third-order valence-corrected chi connectivity index (χ3v) is 5.77. The van der Waals surface area contributed by atoms with Crippen LogP contribution in [0.2, 0.25) is 0 Å². The monoisotopic (exact) mass is 382 g/mol. The zero-order valence-electron chi connectivity index (χ0n) is 15.5. The summed E-state index contributed by atoms with van der Waals surface area (Å²) in [5, 5.41) is 6.52. The highest BCUT2D eigenvalue weighted by molar-refractivity contribution is 7.13. The molecule has 0 bridgehead atoms. The first-order valence-electron chi connectivity index (χ1n) is 8.92. The number of methoxy groups -OCH3 is 1. The molecule has 3 aromatic rings. The fraction of sp³-hybridized carbons (Fsp3) is 0.300. The van der Waals surface area contributed by atoms with E-state index in [0.717, 1.165) is 35.1 Å². The first-order valence-corrected chi connectivity index (χ1v) is 9.80. The van der Waals surface area contributed by atoms with Crippen LogP contribution in [0.15, 0.2) is 47.8 Å². The van der Waals surface area contributed by atoms with Crippen molar-refractivity contribution in [3.8, 4) is 16.3 Å². The Balaban J connectivity index is 1.42. The number of carbonyl (C=O) groups excluding carboxylic acids is 1. The minimum absolute atomic E-state index is 0.0437. The third-order valence-electron chi connectivity index (χ3n) is 4.88. The Hall–Kier alpha value is -2.80. The van der Waals surface area contributed by atoms with Gasteiger partial charge in [-0.05, 0) is 41.8 Å². The minimum Gasteiger partial charge on any atom is -0.497 e. The summed E-state index contributed by atoms with van der Waals surface area (Å²) in [4.78, 5) is 18.2. The summed E-state index contributed by atoms with van der Waals surface area (Å²) in [5.41, 5.74) is 2.65. The van der Waals surface area contributed by atoms with Gasteiger partial charge in [0.25, 0.3) is 5.91 Å². The number of aromatic nitrogens is 2. The van der Waals surface area contributed by atoms with Crippen LogP contribution in [-0.4, -0.2) is 53.9 Å². The number of carbonyl (C=O) groups is 1. The second kappa shape index (κ2) is 7.44. The van der Waals surface area contributed by atoms with Gasteiger partial charge in [0.1, 0.15) is 17.1 Å². The van der Waals surface area contributed by atoms with E-state index in [1.807, 2.05) is 47.7 Å². The number of rotatable bonds is 4. The Kier molecular flexibility index (Phi) is 4.85. The lowest BCUT2D eigenvalue weighted by Gasteiger charge is -2.36. The lowest BCUT2D eigenvalue weighted by atomic mass is 10.2. The molecule has 0 aliphatic carbocycles. The highest BCUT2D eigenvalue weighted by Crippen LogP contribution is 2.25. The first-order chi connectivity index (χ1) is 13.2. The van der Waals surface area contributed by atoms with E-state index in [4.69, 9.17) is 4.74 Å². The molecule has 0 atom stereocenters. The van der Waals surface area contributed by atoms with Crippen LogP contribution in [0.1, 0.15) is 10.5 Å². The zero-order chi connectivity index (χ0) is 18.8. The summed E-state index contributed by atoms with van der Waals surface area (Å²) in [6.07, 6.45) is 0. The van der Waals surface area contributed by atoms with Gasteiger partial charge in [0.05, 0.1) is 12.0 Å². The normalized spacial score (nSPS) is 14.4. The number of aryl methyl sites for hydroxylation is 1. The van der Waals surface area contributed by atoms with Crippen LogP contribution in [0.5, 0.6) is 5.75 Å². The van der Waals surface area contributed by atoms with Crippen molar-refractivity contribution in [3.05, 3.63) is 53.5 Å². The molecule has 0 radical (unpaired) electrons. The highest BCUT2D eigenvalue weighted by Gasteiger charge is 2.25. The van der Waals surface area contributed by atoms with Gasteiger partial charge in [-0.15, -0.1) is 11.3 Å². The standard InChI is InChI=1S/C20H22N4O2S/c1-22-18(14-17(21-22)19-4-3-13-27-19)20(25)24-11-9-23(10-12-24)15-5-7-16(26-2)8-6-15/h3-8,13-14H,9-12H2,1-2H3. The van der Waals surface area contributed by atoms with Crippen LogP contribution in [-0.2, 0) is 7.05 Å². The van der Waals surface area contributed by atoms with Gasteiger partial charge in [-0.3, -0.25) is 9.48 Å². The van der Waals surface area contributed by atoms with Crippen molar-refractivity contribution in [2.45, 2.75) is 0 Å². The van der Waals surface area contributed by atoms with Gasteiger partial charge in [0.2, 0.25) is 0 Å². The van der Waals surface area contributed by atoms with E-state index in [2.05, 4.69) is 22.1 Å². The Labute approximate surface area is 162 Å². The van der Waals surface area contributed by atoms with Gasteiger partial charge in [-0.1, -0.05) is 6.07 Å². The molecule has 0 N–H and O–H groups in total.